The van der Waals surface area contributed by atoms with E-state index >= 15 is 0 Å². The van der Waals surface area contributed by atoms with E-state index in [0.29, 0.717) is 17.1 Å². The van der Waals surface area contributed by atoms with Crippen molar-refractivity contribution in [3.63, 3.8) is 0 Å². The number of fused-ring (bicyclic) bond motifs is 1. The molecule has 1 N–H and O–H groups in total. The Morgan fingerprint density at radius 1 is 1.25 bits per heavy atom. The molecule has 0 radical (unpaired) electrons. The van der Waals surface area contributed by atoms with Crippen molar-refractivity contribution in [2.45, 2.75) is 25.8 Å². The molecule has 2 aliphatic rings. The van der Waals surface area contributed by atoms with Crippen molar-refractivity contribution in [2.24, 2.45) is 0 Å². The average Bonchev–Trinajstić information content (AvgIpc) is 3.40. The highest BCUT2D eigenvalue weighted by Crippen LogP contribution is 2.38. The number of nitrogens with zero attached hydrogens (tertiary/aromatic N) is 2. The lowest BCUT2D eigenvalue weighted by Crippen LogP contribution is -2.43. The molecule has 6 heteroatoms. The molecule has 1 aliphatic carbocycles. The number of carbonyl (C=O) groups is 1. The first-order valence-electron chi connectivity index (χ1n) is 8.41. The summed E-state index contributed by atoms with van der Waals surface area (Å²) in [7, 11) is 0. The number of hydrogen-bond donors (Lipinski definition) is 1. The summed E-state index contributed by atoms with van der Waals surface area (Å²) < 4.78 is 16.7. The van der Waals surface area contributed by atoms with Crippen LogP contribution >= 0.6 is 0 Å². The lowest BCUT2D eigenvalue weighted by molar-refractivity contribution is 0.101. The zero-order chi connectivity index (χ0) is 16.8. The lowest BCUT2D eigenvalue weighted by Gasteiger charge is -2.30. The number of rotatable bonds is 3. The second kappa shape index (κ2) is 5.70. The number of hydrogen-bond acceptors (Lipinski definition) is 4. The van der Waals surface area contributed by atoms with Crippen molar-refractivity contribution in [1.82, 2.24) is 9.88 Å². The highest BCUT2D eigenvalue weighted by molar-refractivity contribution is 5.97. The number of carbonyl (C=O) groups excluding carboxylic acids is 1. The maximum absolute atomic E-state index is 14.7. The number of nitrogens with one attached hydrogen (secondary N) is 1. The topological polar surface area (TPSA) is 54.3 Å². The van der Waals surface area contributed by atoms with Crippen molar-refractivity contribution in [3.05, 3.63) is 39.9 Å². The van der Waals surface area contributed by atoms with E-state index in [2.05, 4.69) is 5.32 Å². The molecule has 0 bridgehead atoms. The van der Waals surface area contributed by atoms with E-state index in [0.717, 1.165) is 44.5 Å². The molecule has 4 rings (SSSR count). The molecule has 0 amide bonds. The Labute approximate surface area is 139 Å². The van der Waals surface area contributed by atoms with Gasteiger partial charge in [-0.1, -0.05) is 0 Å². The van der Waals surface area contributed by atoms with Crippen molar-refractivity contribution < 1.29 is 9.18 Å². The first-order valence-corrected chi connectivity index (χ1v) is 8.41. The smallest absolute Gasteiger partial charge is 0.200 e. The van der Waals surface area contributed by atoms with Crippen LogP contribution in [-0.4, -0.2) is 36.5 Å². The van der Waals surface area contributed by atoms with Crippen LogP contribution in [0.5, 0.6) is 0 Å². The molecular formula is C18H20FN3O2. The van der Waals surface area contributed by atoms with Gasteiger partial charge in [0.05, 0.1) is 16.8 Å². The van der Waals surface area contributed by atoms with Crippen LogP contribution in [0.2, 0.25) is 0 Å². The van der Waals surface area contributed by atoms with Crippen LogP contribution in [0.3, 0.4) is 0 Å². The summed E-state index contributed by atoms with van der Waals surface area (Å²) in [6.07, 6.45) is 3.70. The molecule has 5 nitrogen and oxygen atoms in total. The van der Waals surface area contributed by atoms with Crippen LogP contribution in [0.25, 0.3) is 10.9 Å². The number of halogens is 1. The molecule has 1 saturated heterocycles. The Kier molecular flexibility index (Phi) is 3.64. The molecule has 2 aromatic rings. The van der Waals surface area contributed by atoms with E-state index < -0.39 is 5.82 Å². The number of Topliss-reactive ketones (excluding diaryl/α,β-unsaturated/α-hetero) is 1. The predicted octanol–water partition coefficient (Wildman–Crippen LogP) is 2.09. The van der Waals surface area contributed by atoms with Crippen molar-refractivity contribution >= 4 is 22.4 Å². The van der Waals surface area contributed by atoms with Crippen LogP contribution < -0.4 is 15.6 Å². The van der Waals surface area contributed by atoms with Crippen molar-refractivity contribution in [3.8, 4) is 0 Å². The fourth-order valence-electron chi connectivity index (χ4n) is 3.41. The third-order valence-corrected chi connectivity index (χ3v) is 4.88. The maximum Gasteiger partial charge on any atom is 0.200 e. The van der Waals surface area contributed by atoms with Crippen molar-refractivity contribution in [2.75, 3.05) is 31.1 Å². The lowest BCUT2D eigenvalue weighted by atomic mass is 10.1. The second-order valence-corrected chi connectivity index (χ2v) is 6.62. The third-order valence-electron chi connectivity index (χ3n) is 4.88. The maximum atomic E-state index is 14.7. The van der Waals surface area contributed by atoms with E-state index in [1.165, 1.54) is 13.0 Å². The van der Waals surface area contributed by atoms with Crippen LogP contribution in [0.4, 0.5) is 10.1 Å². The van der Waals surface area contributed by atoms with Gasteiger partial charge in [0.1, 0.15) is 5.82 Å². The fraction of sp³-hybridized carbons (Fsp3) is 0.444. The number of anilines is 1. The number of pyridine rings is 1. The monoisotopic (exact) mass is 329 g/mol. The average molecular weight is 329 g/mol. The zero-order valence-electron chi connectivity index (χ0n) is 13.6. The largest absolute Gasteiger partial charge is 0.367 e. The molecule has 1 saturated carbocycles. The van der Waals surface area contributed by atoms with Gasteiger partial charge in [0.25, 0.3) is 0 Å². The number of piperazine rings is 1. The minimum atomic E-state index is -0.399. The molecule has 1 aromatic carbocycles. The number of benzene rings is 1. The van der Waals surface area contributed by atoms with Crippen LogP contribution in [-0.2, 0) is 0 Å². The van der Waals surface area contributed by atoms with Crippen LogP contribution in [0, 0.1) is 5.82 Å². The summed E-state index contributed by atoms with van der Waals surface area (Å²) in [4.78, 5) is 26.4. The standard InChI is InChI=1S/C18H20FN3O2/c1-11(23)14-10-22(12-2-3-12)16-9-17(21-6-4-20-5-7-21)15(19)8-13(16)18(14)24/h8-10,12,20H,2-7H2,1H3. The van der Waals surface area contributed by atoms with E-state index in [9.17, 15) is 14.0 Å². The van der Waals surface area contributed by atoms with Gasteiger partial charge in [0.2, 0.25) is 0 Å². The Morgan fingerprint density at radius 2 is 1.96 bits per heavy atom. The van der Waals surface area contributed by atoms with Crippen molar-refractivity contribution in [1.29, 1.82) is 0 Å². The minimum absolute atomic E-state index is 0.142. The molecule has 24 heavy (non-hydrogen) atoms. The van der Waals surface area contributed by atoms with Gasteiger partial charge < -0.3 is 14.8 Å². The molecule has 1 aliphatic heterocycles. The fourth-order valence-corrected chi connectivity index (χ4v) is 3.41. The van der Waals surface area contributed by atoms with Gasteiger partial charge in [-0.25, -0.2) is 4.39 Å². The minimum Gasteiger partial charge on any atom is -0.367 e. The van der Waals surface area contributed by atoms with Gasteiger partial charge in [-0.2, -0.15) is 0 Å². The number of ketones is 1. The molecular weight excluding hydrogens is 309 g/mol. The summed E-state index contributed by atoms with van der Waals surface area (Å²) in [5.74, 6) is -0.674. The van der Waals surface area contributed by atoms with Crippen LogP contribution in [0.15, 0.2) is 23.1 Å². The summed E-state index contributed by atoms with van der Waals surface area (Å²) in [5.41, 5.74) is 1.03. The van der Waals surface area contributed by atoms with Gasteiger partial charge in [0, 0.05) is 43.8 Å². The van der Waals surface area contributed by atoms with E-state index in [1.807, 2.05) is 9.47 Å². The number of aromatic nitrogens is 1. The second-order valence-electron chi connectivity index (χ2n) is 6.62. The highest BCUT2D eigenvalue weighted by Gasteiger charge is 2.27. The third kappa shape index (κ3) is 2.51. The van der Waals surface area contributed by atoms with Gasteiger partial charge in [-0.05, 0) is 31.9 Å². The first-order chi connectivity index (χ1) is 11.6. The summed E-state index contributed by atoms with van der Waals surface area (Å²) in [6.45, 7) is 4.49. The van der Waals surface area contributed by atoms with Gasteiger partial charge in [0.15, 0.2) is 11.2 Å². The Hall–Kier alpha value is -2.21. The summed E-state index contributed by atoms with van der Waals surface area (Å²) >= 11 is 0. The molecule has 0 spiro atoms. The molecule has 0 atom stereocenters. The van der Waals surface area contributed by atoms with E-state index in [1.54, 1.807) is 12.3 Å². The molecule has 2 fully saturated rings. The Bertz CT molecular complexity index is 880. The Morgan fingerprint density at radius 3 is 2.58 bits per heavy atom. The summed E-state index contributed by atoms with van der Waals surface area (Å²) in [6, 6.07) is 3.38. The first kappa shape index (κ1) is 15.3. The van der Waals surface area contributed by atoms with Gasteiger partial charge >= 0.3 is 0 Å². The molecule has 0 unspecified atom stereocenters. The molecule has 1 aromatic heterocycles. The normalized spacial score (nSPS) is 18.2. The predicted molar refractivity (Wildman–Crippen MR) is 91.5 cm³/mol. The summed E-state index contributed by atoms with van der Waals surface area (Å²) in [5, 5.41) is 3.55. The highest BCUT2D eigenvalue weighted by atomic mass is 19.1. The zero-order valence-corrected chi connectivity index (χ0v) is 13.6. The van der Waals surface area contributed by atoms with E-state index in [4.69, 9.17) is 0 Å². The molecule has 2 heterocycles. The van der Waals surface area contributed by atoms with Crippen LogP contribution in [0.1, 0.15) is 36.2 Å². The van der Waals surface area contributed by atoms with Gasteiger partial charge in [-0.3, -0.25) is 9.59 Å². The Balaban J connectivity index is 1.95. The SMILES string of the molecule is CC(=O)c1cn(C2CC2)c2cc(N3CCNCC3)c(F)cc2c1=O. The quantitative estimate of drug-likeness (QED) is 0.876. The van der Waals surface area contributed by atoms with E-state index in [-0.39, 0.29) is 16.8 Å². The molecule has 126 valence electrons. The van der Waals surface area contributed by atoms with Gasteiger partial charge in [-0.15, -0.1) is 0 Å².